The first-order chi connectivity index (χ1) is 28.8. The summed E-state index contributed by atoms with van der Waals surface area (Å²) in [5.74, 6) is 0. The lowest BCUT2D eigenvalue weighted by Crippen LogP contribution is -2.26. The van der Waals surface area contributed by atoms with Gasteiger partial charge in [0.1, 0.15) is 0 Å². The minimum Gasteiger partial charge on any atom is -0.310 e. The van der Waals surface area contributed by atoms with Crippen LogP contribution in [0.4, 0.5) is 34.1 Å². The lowest BCUT2D eigenvalue weighted by molar-refractivity contribution is 0.795. The molecule has 9 aromatic carbocycles. The van der Waals surface area contributed by atoms with Crippen LogP contribution in [0.25, 0.3) is 42.4 Å². The minimum absolute atomic E-state index is 0.571. The summed E-state index contributed by atoms with van der Waals surface area (Å²) in [5.41, 5.74) is 16.5. The fraction of sp³-hybridized carbons (Fsp3) is 0.0182. The highest BCUT2D eigenvalue weighted by molar-refractivity contribution is 7.25. The Hall–Kier alpha value is -7.20. The van der Waals surface area contributed by atoms with Gasteiger partial charge in [-0.1, -0.05) is 140 Å². The average Bonchev–Trinajstić information content (AvgIpc) is 3.91. The maximum atomic E-state index is 2.54. The number of hydrogen-bond acceptors (Lipinski definition) is 3. The van der Waals surface area contributed by atoms with Crippen molar-refractivity contribution in [2.45, 2.75) is 5.41 Å². The van der Waals surface area contributed by atoms with Crippen molar-refractivity contribution in [1.82, 2.24) is 0 Å². The zero-order valence-electron chi connectivity index (χ0n) is 31.6. The van der Waals surface area contributed by atoms with Gasteiger partial charge >= 0.3 is 0 Å². The van der Waals surface area contributed by atoms with Crippen molar-refractivity contribution in [1.29, 1.82) is 0 Å². The van der Waals surface area contributed by atoms with E-state index in [-0.39, 0.29) is 0 Å². The van der Waals surface area contributed by atoms with Gasteiger partial charge in [0, 0.05) is 54.2 Å². The summed E-state index contributed by atoms with van der Waals surface area (Å²) in [5, 5.41) is 2.63. The van der Waals surface area contributed by atoms with E-state index in [4.69, 9.17) is 0 Å². The van der Waals surface area contributed by atoms with Crippen molar-refractivity contribution in [2.24, 2.45) is 0 Å². The lowest BCUT2D eigenvalue weighted by atomic mass is 9.70. The topological polar surface area (TPSA) is 6.48 Å². The maximum Gasteiger partial charge on any atom is 0.0727 e. The Kier molecular flexibility index (Phi) is 7.35. The van der Waals surface area contributed by atoms with Crippen molar-refractivity contribution >= 4 is 65.6 Å². The van der Waals surface area contributed by atoms with Crippen molar-refractivity contribution in [3.63, 3.8) is 0 Å². The molecule has 2 aliphatic carbocycles. The fourth-order valence-corrected chi connectivity index (χ4v) is 11.1. The quantitative estimate of drug-likeness (QED) is 0.167. The number of nitrogens with zero attached hydrogens (tertiary/aromatic N) is 2. The second kappa shape index (κ2) is 12.9. The van der Waals surface area contributed by atoms with Gasteiger partial charge in [-0.15, -0.1) is 11.3 Å². The molecule has 272 valence electrons. The van der Waals surface area contributed by atoms with Crippen LogP contribution in [-0.2, 0) is 5.41 Å². The lowest BCUT2D eigenvalue weighted by Gasteiger charge is -2.34. The molecule has 0 N–H and O–H groups in total. The monoisotopic (exact) mass is 756 g/mol. The number of thiophene rings is 1. The molecule has 0 fully saturated rings. The molecule has 1 atom stereocenters. The number of anilines is 6. The van der Waals surface area contributed by atoms with E-state index in [0.29, 0.717) is 0 Å². The molecule has 1 aromatic heterocycles. The highest BCUT2D eigenvalue weighted by Gasteiger charge is 2.53. The Balaban J connectivity index is 1.26. The highest BCUT2D eigenvalue weighted by Crippen LogP contribution is 2.66. The summed E-state index contributed by atoms with van der Waals surface area (Å²) in [6, 6.07) is 80.5. The normalized spacial score (nSPS) is 14.6. The van der Waals surface area contributed by atoms with Crippen LogP contribution in [0.2, 0.25) is 0 Å². The van der Waals surface area contributed by atoms with Gasteiger partial charge in [-0.05, 0) is 118 Å². The van der Waals surface area contributed by atoms with Gasteiger partial charge in [-0.25, -0.2) is 0 Å². The van der Waals surface area contributed by atoms with Crippen LogP contribution in [0.5, 0.6) is 0 Å². The van der Waals surface area contributed by atoms with E-state index in [9.17, 15) is 0 Å². The Bertz CT molecular complexity index is 3090. The van der Waals surface area contributed by atoms with Crippen LogP contribution in [-0.4, -0.2) is 0 Å². The second-order valence-corrected chi connectivity index (χ2v) is 16.3. The van der Waals surface area contributed by atoms with Crippen molar-refractivity contribution in [3.8, 4) is 22.3 Å². The number of fused-ring (bicyclic) bond motifs is 13. The molecule has 0 amide bonds. The van der Waals surface area contributed by atoms with Crippen LogP contribution in [0.3, 0.4) is 0 Å². The SMILES string of the molecule is c1ccc(N(c2ccccc2)c2cc(N(c3ccccc3)c3ccccc3)c3c(c2)C2(c4ccccc4-c4cc5sc6ccccc6c5cc42)c2ccccc2-3)cc1. The summed E-state index contributed by atoms with van der Waals surface area (Å²) in [6.07, 6.45) is 0. The van der Waals surface area contributed by atoms with Crippen LogP contribution >= 0.6 is 11.3 Å². The molecule has 10 aromatic rings. The smallest absolute Gasteiger partial charge is 0.0727 e. The van der Waals surface area contributed by atoms with E-state index in [1.165, 1.54) is 64.7 Å². The average molecular weight is 757 g/mol. The molecule has 0 aliphatic heterocycles. The second-order valence-electron chi connectivity index (χ2n) is 15.2. The summed E-state index contributed by atoms with van der Waals surface area (Å²) >= 11 is 1.89. The third-order valence-electron chi connectivity index (χ3n) is 12.2. The molecular weight excluding hydrogens is 721 g/mol. The van der Waals surface area contributed by atoms with Gasteiger partial charge < -0.3 is 9.80 Å². The van der Waals surface area contributed by atoms with E-state index in [1.807, 2.05) is 11.3 Å². The first-order valence-electron chi connectivity index (χ1n) is 19.9. The molecule has 12 rings (SSSR count). The molecule has 1 heterocycles. The highest BCUT2D eigenvalue weighted by atomic mass is 32.1. The molecule has 2 nitrogen and oxygen atoms in total. The predicted molar refractivity (Wildman–Crippen MR) is 245 cm³/mol. The summed E-state index contributed by atoms with van der Waals surface area (Å²) in [7, 11) is 0. The largest absolute Gasteiger partial charge is 0.310 e. The summed E-state index contributed by atoms with van der Waals surface area (Å²) in [6.45, 7) is 0. The minimum atomic E-state index is -0.571. The van der Waals surface area contributed by atoms with E-state index in [1.54, 1.807) is 0 Å². The van der Waals surface area contributed by atoms with Gasteiger partial charge in [0.05, 0.1) is 11.1 Å². The Morgan fingerprint density at radius 1 is 0.310 bits per heavy atom. The Morgan fingerprint density at radius 3 is 1.43 bits per heavy atom. The van der Waals surface area contributed by atoms with Gasteiger partial charge in [0.15, 0.2) is 0 Å². The fourth-order valence-electron chi connectivity index (χ4n) is 9.93. The number of para-hydroxylation sites is 4. The molecule has 0 saturated heterocycles. The number of benzene rings is 9. The van der Waals surface area contributed by atoms with E-state index < -0.39 is 5.41 Å². The van der Waals surface area contributed by atoms with Crippen LogP contribution < -0.4 is 9.80 Å². The van der Waals surface area contributed by atoms with E-state index in [0.717, 1.165) is 34.1 Å². The third-order valence-corrected chi connectivity index (χ3v) is 13.3. The molecule has 3 heteroatoms. The first-order valence-corrected chi connectivity index (χ1v) is 20.8. The molecule has 2 aliphatic rings. The summed E-state index contributed by atoms with van der Waals surface area (Å²) < 4.78 is 2.65. The third kappa shape index (κ3) is 4.71. The van der Waals surface area contributed by atoms with Gasteiger partial charge in [0.2, 0.25) is 0 Å². The molecule has 1 unspecified atom stereocenters. The maximum absolute atomic E-state index is 2.54. The number of rotatable bonds is 6. The predicted octanol–water partition coefficient (Wildman–Crippen LogP) is 15.3. The van der Waals surface area contributed by atoms with Crippen molar-refractivity contribution < 1.29 is 0 Å². The molecule has 0 saturated carbocycles. The number of hydrogen-bond donors (Lipinski definition) is 0. The molecule has 0 radical (unpaired) electrons. The van der Waals surface area contributed by atoms with E-state index in [2.05, 4.69) is 228 Å². The molecule has 1 spiro atoms. The van der Waals surface area contributed by atoms with Crippen LogP contribution in [0, 0.1) is 0 Å². The molecular formula is C55H36N2S. The van der Waals surface area contributed by atoms with E-state index >= 15 is 0 Å². The van der Waals surface area contributed by atoms with Crippen LogP contribution in [0.1, 0.15) is 22.3 Å². The van der Waals surface area contributed by atoms with Gasteiger partial charge in [-0.3, -0.25) is 0 Å². The van der Waals surface area contributed by atoms with Crippen molar-refractivity contribution in [3.05, 3.63) is 241 Å². The van der Waals surface area contributed by atoms with Gasteiger partial charge in [0.25, 0.3) is 0 Å². The Labute approximate surface area is 342 Å². The van der Waals surface area contributed by atoms with Crippen molar-refractivity contribution in [2.75, 3.05) is 9.80 Å². The van der Waals surface area contributed by atoms with Gasteiger partial charge in [-0.2, -0.15) is 0 Å². The zero-order valence-corrected chi connectivity index (χ0v) is 32.4. The molecule has 58 heavy (non-hydrogen) atoms. The standard InChI is InChI=1S/C55H36N2S/c1-5-19-37(20-6-1)56(38-21-7-2-8-22-38)41-33-50-54(51(34-41)57(39-23-9-3-10-24-39)40-25-11-4-12-26-40)44-29-14-17-31-48(44)55(50)47-30-16-13-27-42(47)45-36-53-46(35-49(45)55)43-28-15-18-32-52(43)58-53/h1-36H. The Morgan fingerprint density at radius 2 is 0.810 bits per heavy atom. The zero-order chi connectivity index (χ0) is 38.2. The van der Waals surface area contributed by atoms with Crippen LogP contribution in [0.15, 0.2) is 218 Å². The summed E-state index contributed by atoms with van der Waals surface area (Å²) in [4.78, 5) is 4.88. The molecule has 0 bridgehead atoms. The first kappa shape index (κ1) is 33.0.